The van der Waals surface area contributed by atoms with Crippen LogP contribution in [-0.4, -0.2) is 36.4 Å². The standard InChI is InChI=1S/C17H17N3O4S/c1-24-16(23)13-10-18-17(25-13)19-14(21)9-11-4-6-12(7-5-11)20-8-2-3-15(20)22/h4-7,10H,2-3,8-9H2,1H3,(H,18,19,21). The van der Waals surface area contributed by atoms with Gasteiger partial charge in [-0.2, -0.15) is 0 Å². The summed E-state index contributed by atoms with van der Waals surface area (Å²) < 4.78 is 4.60. The molecule has 1 N–H and O–H groups in total. The molecule has 1 aromatic carbocycles. The van der Waals surface area contributed by atoms with Crippen LogP contribution in [0.4, 0.5) is 10.8 Å². The van der Waals surface area contributed by atoms with E-state index in [0.29, 0.717) is 16.4 Å². The van der Waals surface area contributed by atoms with Crippen LogP contribution in [0, 0.1) is 0 Å². The van der Waals surface area contributed by atoms with Gasteiger partial charge in [0.2, 0.25) is 11.8 Å². The zero-order chi connectivity index (χ0) is 17.8. The number of thiazole rings is 1. The molecule has 25 heavy (non-hydrogen) atoms. The lowest BCUT2D eigenvalue weighted by molar-refractivity contribution is -0.117. The third-order valence-electron chi connectivity index (χ3n) is 3.82. The Bertz CT molecular complexity index is 800. The second-order valence-corrected chi connectivity index (χ2v) is 6.59. The Hall–Kier alpha value is -2.74. The number of rotatable bonds is 5. The highest BCUT2D eigenvalue weighted by Gasteiger charge is 2.21. The van der Waals surface area contributed by atoms with Crippen molar-refractivity contribution in [2.75, 3.05) is 23.9 Å². The Kier molecular flexibility index (Phi) is 5.08. The third-order valence-corrected chi connectivity index (χ3v) is 4.72. The van der Waals surface area contributed by atoms with Crippen molar-refractivity contribution in [2.45, 2.75) is 19.3 Å². The highest BCUT2D eigenvalue weighted by Crippen LogP contribution is 2.22. The van der Waals surface area contributed by atoms with Gasteiger partial charge in [-0.15, -0.1) is 0 Å². The number of nitrogens with zero attached hydrogens (tertiary/aromatic N) is 2. The quantitative estimate of drug-likeness (QED) is 0.827. The number of carbonyl (C=O) groups is 3. The van der Waals surface area contributed by atoms with Gasteiger partial charge in [-0.05, 0) is 24.1 Å². The lowest BCUT2D eigenvalue weighted by Crippen LogP contribution is -2.23. The van der Waals surface area contributed by atoms with Gasteiger partial charge in [-0.1, -0.05) is 23.5 Å². The molecular formula is C17H17N3O4S. The minimum Gasteiger partial charge on any atom is -0.465 e. The number of hydrogen-bond donors (Lipinski definition) is 1. The van der Waals surface area contributed by atoms with Crippen molar-refractivity contribution in [1.82, 2.24) is 4.98 Å². The van der Waals surface area contributed by atoms with Crippen molar-refractivity contribution < 1.29 is 19.1 Å². The summed E-state index contributed by atoms with van der Waals surface area (Å²) in [6.07, 6.45) is 3.02. The minimum atomic E-state index is -0.481. The van der Waals surface area contributed by atoms with Gasteiger partial charge in [0.25, 0.3) is 0 Å². The van der Waals surface area contributed by atoms with Crippen LogP contribution >= 0.6 is 11.3 Å². The second kappa shape index (κ2) is 7.43. The van der Waals surface area contributed by atoms with Gasteiger partial charge < -0.3 is 15.0 Å². The van der Waals surface area contributed by atoms with E-state index in [-0.39, 0.29) is 18.2 Å². The fourth-order valence-electron chi connectivity index (χ4n) is 2.59. The summed E-state index contributed by atoms with van der Waals surface area (Å²) in [7, 11) is 1.29. The predicted octanol–water partition coefficient (Wildman–Crippen LogP) is 2.24. The molecular weight excluding hydrogens is 342 g/mol. The number of carbonyl (C=O) groups excluding carboxylic acids is 3. The monoisotopic (exact) mass is 359 g/mol. The van der Waals surface area contributed by atoms with Crippen LogP contribution in [0.2, 0.25) is 0 Å². The average Bonchev–Trinajstić information content (AvgIpc) is 3.24. The van der Waals surface area contributed by atoms with Crippen molar-refractivity contribution in [3.63, 3.8) is 0 Å². The molecule has 1 aliphatic rings. The van der Waals surface area contributed by atoms with Gasteiger partial charge in [0.1, 0.15) is 4.88 Å². The lowest BCUT2D eigenvalue weighted by Gasteiger charge is -2.15. The zero-order valence-electron chi connectivity index (χ0n) is 13.7. The molecule has 0 saturated carbocycles. The number of amides is 2. The number of nitrogens with one attached hydrogen (secondary N) is 1. The highest BCUT2D eigenvalue weighted by molar-refractivity contribution is 7.17. The van der Waals surface area contributed by atoms with E-state index in [1.54, 1.807) is 4.90 Å². The minimum absolute atomic E-state index is 0.135. The van der Waals surface area contributed by atoms with E-state index in [1.807, 2.05) is 24.3 Å². The van der Waals surface area contributed by atoms with E-state index >= 15 is 0 Å². The zero-order valence-corrected chi connectivity index (χ0v) is 14.5. The summed E-state index contributed by atoms with van der Waals surface area (Å²) in [4.78, 5) is 41.3. The van der Waals surface area contributed by atoms with Crippen molar-refractivity contribution in [2.24, 2.45) is 0 Å². The van der Waals surface area contributed by atoms with Crippen molar-refractivity contribution in [3.05, 3.63) is 40.9 Å². The lowest BCUT2D eigenvalue weighted by atomic mass is 10.1. The number of anilines is 2. The van der Waals surface area contributed by atoms with Crippen LogP contribution in [0.25, 0.3) is 0 Å². The highest BCUT2D eigenvalue weighted by atomic mass is 32.1. The average molecular weight is 359 g/mol. The molecule has 1 aliphatic heterocycles. The Labute approximate surface area is 148 Å². The first-order valence-electron chi connectivity index (χ1n) is 7.80. The molecule has 0 spiro atoms. The summed E-state index contributed by atoms with van der Waals surface area (Å²) in [5.41, 5.74) is 1.69. The Balaban J connectivity index is 1.58. The summed E-state index contributed by atoms with van der Waals surface area (Å²) in [6.45, 7) is 0.741. The molecule has 2 heterocycles. The van der Waals surface area contributed by atoms with Crippen molar-refractivity contribution in [1.29, 1.82) is 0 Å². The third kappa shape index (κ3) is 4.03. The number of methoxy groups -OCH3 is 1. The predicted molar refractivity (Wildman–Crippen MR) is 93.8 cm³/mol. The Morgan fingerprint density at radius 2 is 2.08 bits per heavy atom. The molecule has 8 heteroatoms. The first-order chi connectivity index (χ1) is 12.1. The molecule has 1 saturated heterocycles. The maximum absolute atomic E-state index is 12.1. The van der Waals surface area contributed by atoms with Crippen LogP contribution in [0.15, 0.2) is 30.5 Å². The molecule has 1 aromatic heterocycles. The Morgan fingerprint density at radius 1 is 1.32 bits per heavy atom. The van der Waals surface area contributed by atoms with Gasteiger partial charge in [-0.25, -0.2) is 9.78 Å². The number of esters is 1. The normalized spacial score (nSPS) is 13.8. The fraction of sp³-hybridized carbons (Fsp3) is 0.294. The van der Waals surface area contributed by atoms with Crippen LogP contribution in [0.5, 0.6) is 0 Å². The maximum atomic E-state index is 12.1. The SMILES string of the molecule is COC(=O)c1cnc(NC(=O)Cc2ccc(N3CCCC3=O)cc2)s1. The van der Waals surface area contributed by atoms with E-state index in [2.05, 4.69) is 15.0 Å². The molecule has 2 amide bonds. The van der Waals surface area contributed by atoms with Crippen molar-refractivity contribution in [3.8, 4) is 0 Å². The summed E-state index contributed by atoms with van der Waals surface area (Å²) in [5.74, 6) is -0.573. The van der Waals surface area contributed by atoms with E-state index in [9.17, 15) is 14.4 Å². The van der Waals surface area contributed by atoms with E-state index in [0.717, 1.165) is 35.6 Å². The summed E-state index contributed by atoms with van der Waals surface area (Å²) in [5, 5.41) is 3.01. The number of benzene rings is 1. The second-order valence-electron chi connectivity index (χ2n) is 5.56. The van der Waals surface area contributed by atoms with Crippen LogP contribution in [0.1, 0.15) is 28.1 Å². The molecule has 2 aromatic rings. The van der Waals surface area contributed by atoms with Crippen LogP contribution in [0.3, 0.4) is 0 Å². The number of aromatic nitrogens is 1. The van der Waals surface area contributed by atoms with Crippen LogP contribution in [-0.2, 0) is 20.7 Å². The van der Waals surface area contributed by atoms with Crippen LogP contribution < -0.4 is 10.2 Å². The van der Waals surface area contributed by atoms with E-state index in [1.165, 1.54) is 13.3 Å². The number of hydrogen-bond acceptors (Lipinski definition) is 6. The van der Waals surface area contributed by atoms with Gasteiger partial charge in [0.05, 0.1) is 19.7 Å². The summed E-state index contributed by atoms with van der Waals surface area (Å²) >= 11 is 1.06. The first-order valence-corrected chi connectivity index (χ1v) is 8.62. The molecule has 0 unspecified atom stereocenters. The number of ether oxygens (including phenoxy) is 1. The Morgan fingerprint density at radius 3 is 2.72 bits per heavy atom. The summed E-state index contributed by atoms with van der Waals surface area (Å²) in [6, 6.07) is 7.37. The fourth-order valence-corrected chi connectivity index (χ4v) is 3.34. The van der Waals surface area contributed by atoms with Gasteiger partial charge in [0.15, 0.2) is 5.13 Å². The molecule has 0 atom stereocenters. The molecule has 3 rings (SSSR count). The van der Waals surface area contributed by atoms with Gasteiger partial charge in [-0.3, -0.25) is 9.59 Å². The van der Waals surface area contributed by atoms with E-state index in [4.69, 9.17) is 0 Å². The molecule has 1 fully saturated rings. The molecule has 0 aliphatic carbocycles. The molecule has 0 bridgehead atoms. The topological polar surface area (TPSA) is 88.6 Å². The van der Waals surface area contributed by atoms with Gasteiger partial charge in [0, 0.05) is 18.7 Å². The van der Waals surface area contributed by atoms with Crippen molar-refractivity contribution >= 4 is 39.9 Å². The largest absolute Gasteiger partial charge is 0.465 e. The molecule has 0 radical (unpaired) electrons. The van der Waals surface area contributed by atoms with Gasteiger partial charge >= 0.3 is 5.97 Å². The molecule has 7 nitrogen and oxygen atoms in total. The molecule has 130 valence electrons. The first kappa shape index (κ1) is 17.1. The van der Waals surface area contributed by atoms with E-state index < -0.39 is 5.97 Å². The maximum Gasteiger partial charge on any atom is 0.349 e. The smallest absolute Gasteiger partial charge is 0.349 e.